The maximum Gasteiger partial charge on any atom is 0.251 e. The van der Waals surface area contributed by atoms with Crippen molar-refractivity contribution in [2.24, 2.45) is 0 Å². The molecule has 0 fully saturated rings. The Bertz CT molecular complexity index is 429. The van der Waals surface area contributed by atoms with Gasteiger partial charge < -0.3 is 16.4 Å². The van der Waals surface area contributed by atoms with Crippen LogP contribution in [0.25, 0.3) is 0 Å². The number of hydrogen-bond donors (Lipinski definition) is 3. The summed E-state index contributed by atoms with van der Waals surface area (Å²) >= 11 is 0. The molecule has 0 aliphatic carbocycles. The van der Waals surface area contributed by atoms with E-state index in [1.54, 1.807) is 24.3 Å². The number of carbonyl (C=O) groups excluding carboxylic acids is 2. The van der Waals surface area contributed by atoms with E-state index >= 15 is 0 Å². The molecule has 0 aromatic heterocycles. The Kier molecular flexibility index (Phi) is 5.85. The van der Waals surface area contributed by atoms with Gasteiger partial charge in [0.25, 0.3) is 5.91 Å². The molecule has 2 amide bonds. The third kappa shape index (κ3) is 5.42. The zero-order valence-corrected chi connectivity index (χ0v) is 11.4. The normalized spacial score (nSPS) is 11.7. The minimum Gasteiger partial charge on any atom is -0.399 e. The zero-order chi connectivity index (χ0) is 14.3. The van der Waals surface area contributed by atoms with Gasteiger partial charge in [0.1, 0.15) is 0 Å². The van der Waals surface area contributed by atoms with E-state index in [1.165, 1.54) is 0 Å². The van der Waals surface area contributed by atoms with Gasteiger partial charge in [-0.25, -0.2) is 0 Å². The molecule has 0 bridgehead atoms. The van der Waals surface area contributed by atoms with Crippen LogP contribution in [0, 0.1) is 0 Å². The molecule has 5 nitrogen and oxygen atoms in total. The van der Waals surface area contributed by atoms with E-state index in [1.807, 2.05) is 13.8 Å². The number of nitrogens with one attached hydrogen (secondary N) is 2. The lowest BCUT2D eigenvalue weighted by Crippen LogP contribution is -2.35. The first-order valence-corrected chi connectivity index (χ1v) is 6.46. The fraction of sp³-hybridized carbons (Fsp3) is 0.429. The molecule has 0 aliphatic rings. The summed E-state index contributed by atoms with van der Waals surface area (Å²) in [7, 11) is 0. The molecule has 1 rings (SSSR count). The molecule has 1 aromatic carbocycles. The highest BCUT2D eigenvalue weighted by molar-refractivity contribution is 5.94. The van der Waals surface area contributed by atoms with Crippen molar-refractivity contribution in [1.29, 1.82) is 0 Å². The highest BCUT2D eigenvalue weighted by Gasteiger charge is 2.07. The van der Waals surface area contributed by atoms with Crippen LogP contribution < -0.4 is 16.4 Å². The number of anilines is 1. The van der Waals surface area contributed by atoms with E-state index in [9.17, 15) is 9.59 Å². The van der Waals surface area contributed by atoms with Crippen molar-refractivity contribution in [3.8, 4) is 0 Å². The van der Waals surface area contributed by atoms with Crippen molar-refractivity contribution in [3.63, 3.8) is 0 Å². The van der Waals surface area contributed by atoms with E-state index in [0.717, 1.165) is 6.42 Å². The topological polar surface area (TPSA) is 84.2 Å². The van der Waals surface area contributed by atoms with Gasteiger partial charge in [-0.05, 0) is 37.6 Å². The third-order valence-electron chi connectivity index (χ3n) is 2.83. The fourth-order valence-electron chi connectivity index (χ4n) is 1.48. The van der Waals surface area contributed by atoms with Gasteiger partial charge in [-0.3, -0.25) is 9.59 Å². The first kappa shape index (κ1) is 15.0. The van der Waals surface area contributed by atoms with Gasteiger partial charge in [0.05, 0.1) is 0 Å². The first-order chi connectivity index (χ1) is 9.02. The number of rotatable bonds is 6. The van der Waals surface area contributed by atoms with Crippen molar-refractivity contribution in [1.82, 2.24) is 10.6 Å². The Hall–Kier alpha value is -2.04. The summed E-state index contributed by atoms with van der Waals surface area (Å²) in [5, 5.41) is 5.54. The molecule has 4 N–H and O–H groups in total. The molecule has 1 unspecified atom stereocenters. The second-order valence-corrected chi connectivity index (χ2v) is 4.50. The Morgan fingerprint density at radius 3 is 2.47 bits per heavy atom. The number of amides is 2. The van der Waals surface area contributed by atoms with Crippen molar-refractivity contribution < 1.29 is 9.59 Å². The summed E-state index contributed by atoms with van der Waals surface area (Å²) in [4.78, 5) is 23.2. The fourth-order valence-corrected chi connectivity index (χ4v) is 1.48. The second kappa shape index (κ2) is 7.41. The molecule has 0 spiro atoms. The second-order valence-electron chi connectivity index (χ2n) is 4.50. The lowest BCUT2D eigenvalue weighted by molar-refractivity contribution is -0.121. The van der Waals surface area contributed by atoms with Crippen molar-refractivity contribution >= 4 is 17.5 Å². The molecule has 0 heterocycles. The van der Waals surface area contributed by atoms with E-state index in [2.05, 4.69) is 10.6 Å². The minimum atomic E-state index is -0.198. The van der Waals surface area contributed by atoms with E-state index in [0.29, 0.717) is 17.8 Å². The summed E-state index contributed by atoms with van der Waals surface area (Å²) in [6, 6.07) is 6.82. The molecule has 0 saturated carbocycles. The molecule has 19 heavy (non-hydrogen) atoms. The number of nitrogen functional groups attached to an aromatic ring is 1. The van der Waals surface area contributed by atoms with Crippen LogP contribution in [-0.2, 0) is 4.79 Å². The van der Waals surface area contributed by atoms with Gasteiger partial charge in [0.15, 0.2) is 0 Å². The SMILES string of the molecule is CCC(C)NC(=O)CCNC(=O)c1ccc(N)cc1. The standard InChI is InChI=1S/C14H21N3O2/c1-3-10(2)17-13(18)8-9-16-14(19)11-4-6-12(15)7-5-11/h4-7,10H,3,8-9,15H2,1-2H3,(H,16,19)(H,17,18). The Balaban J connectivity index is 2.31. The van der Waals surface area contributed by atoms with E-state index < -0.39 is 0 Å². The van der Waals surface area contributed by atoms with E-state index in [-0.39, 0.29) is 24.3 Å². The van der Waals surface area contributed by atoms with Crippen LogP contribution in [0.5, 0.6) is 0 Å². The minimum absolute atomic E-state index is 0.0491. The molecule has 1 atom stereocenters. The Morgan fingerprint density at radius 2 is 1.89 bits per heavy atom. The predicted octanol–water partition coefficient (Wildman–Crippen LogP) is 1.30. The zero-order valence-electron chi connectivity index (χ0n) is 11.4. The summed E-state index contributed by atoms with van der Waals surface area (Å²) in [5.74, 6) is -0.247. The summed E-state index contributed by atoms with van der Waals surface area (Å²) < 4.78 is 0. The van der Waals surface area contributed by atoms with Gasteiger partial charge in [-0.2, -0.15) is 0 Å². The number of benzene rings is 1. The number of carbonyl (C=O) groups is 2. The summed E-state index contributed by atoms with van der Waals surface area (Å²) in [6.07, 6.45) is 1.18. The van der Waals surface area contributed by atoms with Gasteiger partial charge in [0, 0.05) is 30.3 Å². The smallest absolute Gasteiger partial charge is 0.251 e. The molecular weight excluding hydrogens is 242 g/mol. The lowest BCUT2D eigenvalue weighted by atomic mass is 10.2. The van der Waals surface area contributed by atoms with E-state index in [4.69, 9.17) is 5.73 Å². The average molecular weight is 263 g/mol. The molecule has 5 heteroatoms. The lowest BCUT2D eigenvalue weighted by Gasteiger charge is -2.11. The molecule has 104 valence electrons. The average Bonchev–Trinajstić information content (AvgIpc) is 2.39. The highest BCUT2D eigenvalue weighted by atomic mass is 16.2. The number of nitrogens with two attached hydrogens (primary N) is 1. The molecule has 0 aliphatic heterocycles. The van der Waals surface area contributed by atoms with Crippen LogP contribution in [0.4, 0.5) is 5.69 Å². The van der Waals surface area contributed by atoms with Crippen LogP contribution in [0.3, 0.4) is 0 Å². The monoisotopic (exact) mass is 263 g/mol. The maximum absolute atomic E-state index is 11.7. The molecule has 0 saturated heterocycles. The quantitative estimate of drug-likeness (QED) is 0.676. The highest BCUT2D eigenvalue weighted by Crippen LogP contribution is 2.04. The third-order valence-corrected chi connectivity index (χ3v) is 2.83. The van der Waals surface area contributed by atoms with Crippen molar-refractivity contribution in [3.05, 3.63) is 29.8 Å². The van der Waals surface area contributed by atoms with Gasteiger partial charge in [0.2, 0.25) is 5.91 Å². The first-order valence-electron chi connectivity index (χ1n) is 6.46. The van der Waals surface area contributed by atoms with Crippen molar-refractivity contribution in [2.75, 3.05) is 12.3 Å². The summed E-state index contributed by atoms with van der Waals surface area (Å²) in [6.45, 7) is 4.28. The van der Waals surface area contributed by atoms with Gasteiger partial charge in [-0.1, -0.05) is 6.92 Å². The van der Waals surface area contributed by atoms with Crippen LogP contribution in [0.15, 0.2) is 24.3 Å². The van der Waals surface area contributed by atoms with Crippen LogP contribution in [-0.4, -0.2) is 24.4 Å². The van der Waals surface area contributed by atoms with Gasteiger partial charge >= 0.3 is 0 Å². The Labute approximate surface area is 113 Å². The largest absolute Gasteiger partial charge is 0.399 e. The maximum atomic E-state index is 11.7. The van der Waals surface area contributed by atoms with Gasteiger partial charge in [-0.15, -0.1) is 0 Å². The number of hydrogen-bond acceptors (Lipinski definition) is 3. The summed E-state index contributed by atoms with van der Waals surface area (Å²) in [5.41, 5.74) is 6.70. The Morgan fingerprint density at radius 1 is 1.26 bits per heavy atom. The predicted molar refractivity (Wildman–Crippen MR) is 75.7 cm³/mol. The molecular formula is C14H21N3O2. The van der Waals surface area contributed by atoms with Crippen LogP contribution in [0.1, 0.15) is 37.0 Å². The van der Waals surface area contributed by atoms with Crippen LogP contribution in [0.2, 0.25) is 0 Å². The molecule has 0 radical (unpaired) electrons. The van der Waals surface area contributed by atoms with Crippen LogP contribution >= 0.6 is 0 Å². The molecule has 1 aromatic rings. The van der Waals surface area contributed by atoms with Crippen molar-refractivity contribution in [2.45, 2.75) is 32.7 Å².